The zero-order chi connectivity index (χ0) is 24.3. The zero-order valence-electron chi connectivity index (χ0n) is 18.9. The molecule has 1 N–H and O–H groups in total. The van der Waals surface area contributed by atoms with Gasteiger partial charge in [-0.2, -0.15) is 0 Å². The number of aryl methyl sites for hydroxylation is 2. The van der Waals surface area contributed by atoms with Crippen LogP contribution >= 0.6 is 11.3 Å². The molecule has 0 fully saturated rings. The SMILES string of the molecule is CCOC(=O)c1c(NC(=O)CS(=O)(=O)c2nnc(-c3ccc(C)cc3)o2)sc2c1CCCCC2. The Hall–Kier alpha value is -3.05. The molecule has 2 aromatic heterocycles. The maximum Gasteiger partial charge on any atom is 0.341 e. The van der Waals surface area contributed by atoms with Crippen molar-refractivity contribution in [2.24, 2.45) is 0 Å². The molecule has 1 amide bonds. The number of amides is 1. The third-order valence-corrected chi connectivity index (χ3v) is 7.99. The van der Waals surface area contributed by atoms with Crippen molar-refractivity contribution in [1.29, 1.82) is 0 Å². The minimum absolute atomic E-state index is 0.0468. The average Bonchev–Trinajstić information content (AvgIpc) is 3.34. The number of carbonyl (C=O) groups excluding carboxylic acids is 2. The number of ether oxygens (including phenoxy) is 1. The number of thiophene rings is 1. The van der Waals surface area contributed by atoms with Gasteiger partial charge in [0.1, 0.15) is 10.8 Å². The molecule has 3 aromatic rings. The number of esters is 1. The summed E-state index contributed by atoms with van der Waals surface area (Å²) in [5, 5.41) is 9.71. The molecule has 0 radical (unpaired) electrons. The topological polar surface area (TPSA) is 128 Å². The summed E-state index contributed by atoms with van der Waals surface area (Å²) in [6.07, 6.45) is 4.54. The number of carbonyl (C=O) groups is 2. The number of anilines is 1. The van der Waals surface area contributed by atoms with E-state index in [0.29, 0.717) is 16.1 Å². The maximum absolute atomic E-state index is 12.7. The Morgan fingerprint density at radius 1 is 1.12 bits per heavy atom. The van der Waals surface area contributed by atoms with Crippen LogP contribution in [0.5, 0.6) is 0 Å². The van der Waals surface area contributed by atoms with E-state index < -0.39 is 32.7 Å². The van der Waals surface area contributed by atoms with Crippen LogP contribution in [0.4, 0.5) is 5.00 Å². The van der Waals surface area contributed by atoms with Gasteiger partial charge in [-0.05, 0) is 57.2 Å². The highest BCUT2D eigenvalue weighted by molar-refractivity contribution is 7.91. The van der Waals surface area contributed by atoms with Gasteiger partial charge in [0.2, 0.25) is 21.6 Å². The molecule has 0 spiro atoms. The van der Waals surface area contributed by atoms with Crippen LogP contribution in [-0.2, 0) is 32.2 Å². The fourth-order valence-corrected chi connectivity index (χ4v) is 6.00. The molecule has 0 unspecified atom stereocenters. The number of nitrogens with zero attached hydrogens (tertiary/aromatic N) is 2. The molecule has 34 heavy (non-hydrogen) atoms. The highest BCUT2D eigenvalue weighted by atomic mass is 32.2. The van der Waals surface area contributed by atoms with Crippen molar-refractivity contribution < 1.29 is 27.2 Å². The van der Waals surface area contributed by atoms with Crippen LogP contribution in [-0.4, -0.2) is 42.9 Å². The van der Waals surface area contributed by atoms with Crippen LogP contribution in [0.1, 0.15) is 52.5 Å². The molecule has 2 heterocycles. The van der Waals surface area contributed by atoms with E-state index in [1.54, 1.807) is 19.1 Å². The van der Waals surface area contributed by atoms with Crippen molar-refractivity contribution in [3.05, 3.63) is 45.8 Å². The summed E-state index contributed by atoms with van der Waals surface area (Å²) in [5.41, 5.74) is 2.82. The van der Waals surface area contributed by atoms with Crippen LogP contribution < -0.4 is 5.32 Å². The average molecular weight is 504 g/mol. The molecule has 0 saturated heterocycles. The monoisotopic (exact) mass is 503 g/mol. The third kappa shape index (κ3) is 5.20. The smallest absolute Gasteiger partial charge is 0.341 e. The van der Waals surface area contributed by atoms with Crippen molar-refractivity contribution in [3.8, 4) is 11.5 Å². The van der Waals surface area contributed by atoms with E-state index in [-0.39, 0.29) is 12.5 Å². The minimum Gasteiger partial charge on any atom is -0.462 e. The fraction of sp³-hybridized carbons (Fsp3) is 0.391. The summed E-state index contributed by atoms with van der Waals surface area (Å²) in [6.45, 7) is 3.83. The van der Waals surface area contributed by atoms with Crippen LogP contribution in [0.3, 0.4) is 0 Å². The van der Waals surface area contributed by atoms with Crippen LogP contribution in [0.25, 0.3) is 11.5 Å². The summed E-state index contributed by atoms with van der Waals surface area (Å²) in [5.74, 6) is -2.16. The highest BCUT2D eigenvalue weighted by Gasteiger charge is 2.30. The number of hydrogen-bond donors (Lipinski definition) is 1. The van der Waals surface area contributed by atoms with Crippen molar-refractivity contribution in [1.82, 2.24) is 10.2 Å². The summed E-state index contributed by atoms with van der Waals surface area (Å²) in [6, 6.07) is 7.16. The van der Waals surface area contributed by atoms with E-state index in [4.69, 9.17) is 9.15 Å². The molecule has 9 nitrogen and oxygen atoms in total. The number of rotatable bonds is 7. The Bertz CT molecular complexity index is 1310. The second kappa shape index (κ2) is 10.1. The van der Waals surface area contributed by atoms with Crippen molar-refractivity contribution in [3.63, 3.8) is 0 Å². The lowest BCUT2D eigenvalue weighted by molar-refractivity contribution is -0.113. The number of benzene rings is 1. The summed E-state index contributed by atoms with van der Waals surface area (Å²) < 4.78 is 36.0. The first kappa shape index (κ1) is 24.1. The molecule has 11 heteroatoms. The van der Waals surface area contributed by atoms with Crippen LogP contribution in [0.2, 0.25) is 0 Å². The quantitative estimate of drug-likeness (QED) is 0.379. The Labute approximate surface area is 201 Å². The van der Waals surface area contributed by atoms with E-state index >= 15 is 0 Å². The Morgan fingerprint density at radius 2 is 1.85 bits per heavy atom. The first-order chi connectivity index (χ1) is 16.3. The number of aromatic nitrogens is 2. The van der Waals surface area contributed by atoms with Gasteiger partial charge in [0.25, 0.3) is 0 Å². The van der Waals surface area contributed by atoms with Gasteiger partial charge in [0.15, 0.2) is 0 Å². The molecule has 1 aromatic carbocycles. The normalized spacial score (nSPS) is 13.7. The number of hydrogen-bond acceptors (Lipinski definition) is 9. The Morgan fingerprint density at radius 3 is 2.59 bits per heavy atom. The lowest BCUT2D eigenvalue weighted by Gasteiger charge is -2.08. The molecular formula is C23H25N3O6S2. The van der Waals surface area contributed by atoms with E-state index in [2.05, 4.69) is 15.5 Å². The molecule has 0 saturated carbocycles. The van der Waals surface area contributed by atoms with E-state index in [1.807, 2.05) is 19.1 Å². The molecular weight excluding hydrogens is 478 g/mol. The van der Waals surface area contributed by atoms with Crippen molar-refractivity contribution in [2.75, 3.05) is 17.7 Å². The van der Waals surface area contributed by atoms with E-state index in [0.717, 1.165) is 48.1 Å². The highest BCUT2D eigenvalue weighted by Crippen LogP contribution is 2.38. The fourth-order valence-electron chi connectivity index (χ4n) is 3.80. The van der Waals surface area contributed by atoms with Crippen LogP contribution in [0, 0.1) is 6.92 Å². The number of nitrogens with one attached hydrogen (secondary N) is 1. The minimum atomic E-state index is -4.19. The van der Waals surface area contributed by atoms with Gasteiger partial charge in [-0.15, -0.1) is 16.4 Å². The zero-order valence-corrected chi connectivity index (χ0v) is 20.6. The van der Waals surface area contributed by atoms with Gasteiger partial charge >= 0.3 is 11.2 Å². The molecule has 1 aliphatic rings. The molecule has 0 bridgehead atoms. The van der Waals surface area contributed by atoms with Gasteiger partial charge in [0.05, 0.1) is 12.2 Å². The maximum atomic E-state index is 12.7. The second-order valence-electron chi connectivity index (χ2n) is 8.04. The molecule has 0 aliphatic heterocycles. The number of fused-ring (bicyclic) bond motifs is 1. The molecule has 1 aliphatic carbocycles. The van der Waals surface area contributed by atoms with Crippen molar-refractivity contribution in [2.45, 2.75) is 51.2 Å². The third-order valence-electron chi connectivity index (χ3n) is 5.45. The van der Waals surface area contributed by atoms with E-state index in [1.165, 1.54) is 11.3 Å². The molecule has 4 rings (SSSR count). The van der Waals surface area contributed by atoms with Gasteiger partial charge in [-0.1, -0.05) is 29.2 Å². The van der Waals surface area contributed by atoms with Crippen LogP contribution in [0.15, 0.2) is 33.9 Å². The summed E-state index contributed by atoms with van der Waals surface area (Å²) >= 11 is 1.30. The van der Waals surface area contributed by atoms with Gasteiger partial charge in [0, 0.05) is 10.4 Å². The van der Waals surface area contributed by atoms with Gasteiger partial charge in [-0.3, -0.25) is 4.79 Å². The second-order valence-corrected chi connectivity index (χ2v) is 11.0. The Balaban J connectivity index is 1.53. The summed E-state index contributed by atoms with van der Waals surface area (Å²) in [4.78, 5) is 26.4. The van der Waals surface area contributed by atoms with Gasteiger partial charge in [-0.25, -0.2) is 13.2 Å². The van der Waals surface area contributed by atoms with Crippen molar-refractivity contribution >= 4 is 38.1 Å². The Kier molecular flexibility index (Phi) is 7.13. The lowest BCUT2D eigenvalue weighted by atomic mass is 10.1. The molecule has 0 atom stereocenters. The predicted molar refractivity (Wildman–Crippen MR) is 127 cm³/mol. The lowest BCUT2D eigenvalue weighted by Crippen LogP contribution is -2.24. The summed E-state index contributed by atoms with van der Waals surface area (Å²) in [7, 11) is -4.19. The van der Waals surface area contributed by atoms with Gasteiger partial charge < -0.3 is 14.5 Å². The van der Waals surface area contributed by atoms with E-state index in [9.17, 15) is 18.0 Å². The number of sulfone groups is 1. The first-order valence-electron chi connectivity index (χ1n) is 11.0. The largest absolute Gasteiger partial charge is 0.462 e. The molecule has 180 valence electrons. The first-order valence-corrected chi connectivity index (χ1v) is 13.5. The standard InChI is InChI=1S/C23H25N3O6S2/c1-3-31-22(28)19-16-7-5-4-6-8-17(16)33-21(19)24-18(27)13-34(29,30)23-26-25-20(32-23)15-11-9-14(2)10-12-15/h9-12H,3-8,13H2,1-2H3,(H,24,27). The predicted octanol–water partition coefficient (Wildman–Crippen LogP) is 3.96.